The van der Waals surface area contributed by atoms with Crippen LogP contribution in [0.15, 0.2) is 77.4 Å². The van der Waals surface area contributed by atoms with Gasteiger partial charge < -0.3 is 24.1 Å². The minimum atomic E-state index is -0.345. The summed E-state index contributed by atoms with van der Waals surface area (Å²) in [5.41, 5.74) is 1.37. The highest BCUT2D eigenvalue weighted by Crippen LogP contribution is 2.23. The molecule has 0 saturated carbocycles. The molecule has 3 rings (SSSR count). The van der Waals surface area contributed by atoms with Crippen LogP contribution >= 0.6 is 0 Å². The monoisotopic (exact) mass is 420 g/mol. The summed E-state index contributed by atoms with van der Waals surface area (Å²) in [5, 5.41) is 2.79. The van der Waals surface area contributed by atoms with Gasteiger partial charge in [-0.15, -0.1) is 0 Å². The SMILES string of the molecule is COc1ccc(/C=C/C(=O)N(CC(=O)Nc2ccccc2OC)Cc2ccco2)cc1. The first-order chi connectivity index (χ1) is 15.1. The first-order valence-electron chi connectivity index (χ1n) is 9.65. The van der Waals surface area contributed by atoms with Crippen LogP contribution in [-0.4, -0.2) is 37.5 Å². The van der Waals surface area contributed by atoms with Crippen molar-refractivity contribution >= 4 is 23.6 Å². The zero-order chi connectivity index (χ0) is 22.1. The molecule has 1 N–H and O–H groups in total. The number of rotatable bonds is 9. The maximum Gasteiger partial charge on any atom is 0.247 e. The second-order valence-electron chi connectivity index (χ2n) is 6.63. The summed E-state index contributed by atoms with van der Waals surface area (Å²) >= 11 is 0. The Balaban J connectivity index is 1.71. The molecule has 7 heteroatoms. The number of benzene rings is 2. The van der Waals surface area contributed by atoms with Gasteiger partial charge in [-0.3, -0.25) is 9.59 Å². The molecule has 0 fully saturated rings. The predicted octanol–water partition coefficient (Wildman–Crippen LogP) is 3.98. The van der Waals surface area contributed by atoms with Crippen molar-refractivity contribution in [2.75, 3.05) is 26.1 Å². The van der Waals surface area contributed by atoms with Gasteiger partial charge in [0.05, 0.1) is 32.7 Å². The molecular formula is C24H24N2O5. The van der Waals surface area contributed by atoms with Crippen molar-refractivity contribution in [2.45, 2.75) is 6.54 Å². The molecule has 0 atom stereocenters. The molecule has 0 aliphatic rings. The smallest absolute Gasteiger partial charge is 0.247 e. The van der Waals surface area contributed by atoms with Crippen LogP contribution in [0, 0.1) is 0 Å². The van der Waals surface area contributed by atoms with Gasteiger partial charge in [0.1, 0.15) is 23.8 Å². The largest absolute Gasteiger partial charge is 0.497 e. The van der Waals surface area contributed by atoms with Crippen molar-refractivity contribution in [1.82, 2.24) is 4.90 Å². The highest BCUT2D eigenvalue weighted by Gasteiger charge is 2.18. The Morgan fingerprint density at radius 2 is 1.77 bits per heavy atom. The molecule has 0 spiro atoms. The summed E-state index contributed by atoms with van der Waals surface area (Å²) in [5.74, 6) is 1.19. The number of para-hydroxylation sites is 2. The minimum Gasteiger partial charge on any atom is -0.497 e. The average molecular weight is 420 g/mol. The number of furan rings is 1. The molecule has 7 nitrogen and oxygen atoms in total. The van der Waals surface area contributed by atoms with E-state index in [-0.39, 0.29) is 24.9 Å². The van der Waals surface area contributed by atoms with Crippen molar-refractivity contribution in [2.24, 2.45) is 0 Å². The topological polar surface area (TPSA) is 81.0 Å². The van der Waals surface area contributed by atoms with E-state index in [4.69, 9.17) is 13.9 Å². The Labute approximate surface area is 180 Å². The van der Waals surface area contributed by atoms with Crippen LogP contribution < -0.4 is 14.8 Å². The maximum atomic E-state index is 12.8. The van der Waals surface area contributed by atoms with Crippen LogP contribution in [0.2, 0.25) is 0 Å². The number of carbonyl (C=O) groups is 2. The molecule has 2 amide bonds. The van der Waals surface area contributed by atoms with Gasteiger partial charge >= 0.3 is 0 Å². The normalized spacial score (nSPS) is 10.6. The summed E-state index contributed by atoms with van der Waals surface area (Å²) < 4.78 is 15.8. The Kier molecular flexibility index (Phi) is 7.48. The zero-order valence-electron chi connectivity index (χ0n) is 17.4. The lowest BCUT2D eigenvalue weighted by Gasteiger charge is -2.20. The molecule has 0 saturated heterocycles. The molecular weight excluding hydrogens is 396 g/mol. The minimum absolute atomic E-state index is 0.148. The number of methoxy groups -OCH3 is 2. The second kappa shape index (κ2) is 10.7. The van der Waals surface area contributed by atoms with E-state index in [0.29, 0.717) is 17.2 Å². The fraction of sp³-hybridized carbons (Fsp3) is 0.167. The Bertz CT molecular complexity index is 1030. The van der Waals surface area contributed by atoms with Crippen molar-refractivity contribution in [1.29, 1.82) is 0 Å². The first kappa shape index (κ1) is 21.7. The molecule has 0 bridgehead atoms. The summed E-state index contributed by atoms with van der Waals surface area (Å²) in [4.78, 5) is 26.9. The first-order valence-corrected chi connectivity index (χ1v) is 9.65. The summed E-state index contributed by atoms with van der Waals surface area (Å²) in [6.45, 7) is 0.0165. The van der Waals surface area contributed by atoms with E-state index < -0.39 is 0 Å². The van der Waals surface area contributed by atoms with Gasteiger partial charge in [-0.05, 0) is 48.0 Å². The van der Waals surface area contributed by atoms with Crippen LogP contribution in [0.1, 0.15) is 11.3 Å². The van der Waals surface area contributed by atoms with E-state index >= 15 is 0 Å². The van der Waals surface area contributed by atoms with Crippen LogP contribution in [0.3, 0.4) is 0 Å². The maximum absolute atomic E-state index is 12.8. The van der Waals surface area contributed by atoms with Gasteiger partial charge in [0.25, 0.3) is 0 Å². The molecule has 1 aromatic heterocycles. The highest BCUT2D eigenvalue weighted by atomic mass is 16.5. The van der Waals surface area contributed by atoms with E-state index in [1.165, 1.54) is 24.3 Å². The highest BCUT2D eigenvalue weighted by molar-refractivity contribution is 5.98. The third kappa shape index (κ3) is 6.24. The molecule has 0 unspecified atom stereocenters. The van der Waals surface area contributed by atoms with Crippen LogP contribution in [0.4, 0.5) is 5.69 Å². The quantitative estimate of drug-likeness (QED) is 0.530. The van der Waals surface area contributed by atoms with Gasteiger partial charge in [-0.25, -0.2) is 0 Å². The molecule has 2 aromatic carbocycles. The Morgan fingerprint density at radius 3 is 2.45 bits per heavy atom. The summed E-state index contributed by atoms with van der Waals surface area (Å²) in [7, 11) is 3.12. The number of anilines is 1. The van der Waals surface area contributed by atoms with Gasteiger partial charge in [-0.2, -0.15) is 0 Å². The van der Waals surface area contributed by atoms with E-state index in [0.717, 1.165) is 11.3 Å². The fourth-order valence-electron chi connectivity index (χ4n) is 2.90. The summed E-state index contributed by atoms with van der Waals surface area (Å²) in [6.07, 6.45) is 4.65. The van der Waals surface area contributed by atoms with Crippen molar-refractivity contribution < 1.29 is 23.5 Å². The molecule has 0 radical (unpaired) electrons. The average Bonchev–Trinajstić information content (AvgIpc) is 3.31. The lowest BCUT2D eigenvalue weighted by molar-refractivity contribution is -0.131. The zero-order valence-corrected chi connectivity index (χ0v) is 17.4. The van der Waals surface area contributed by atoms with E-state index in [1.54, 1.807) is 43.5 Å². The van der Waals surface area contributed by atoms with Crippen LogP contribution in [0.5, 0.6) is 11.5 Å². The van der Waals surface area contributed by atoms with E-state index in [2.05, 4.69) is 5.32 Å². The molecule has 3 aromatic rings. The van der Waals surface area contributed by atoms with Crippen molar-refractivity contribution in [3.63, 3.8) is 0 Å². The molecule has 31 heavy (non-hydrogen) atoms. The van der Waals surface area contributed by atoms with Crippen LogP contribution in [-0.2, 0) is 16.1 Å². The van der Waals surface area contributed by atoms with Gasteiger partial charge in [0, 0.05) is 6.08 Å². The van der Waals surface area contributed by atoms with Gasteiger partial charge in [0.2, 0.25) is 11.8 Å². The van der Waals surface area contributed by atoms with E-state index in [1.807, 2.05) is 30.3 Å². The van der Waals surface area contributed by atoms with Gasteiger partial charge in [-0.1, -0.05) is 24.3 Å². The number of amides is 2. The lowest BCUT2D eigenvalue weighted by Crippen LogP contribution is -2.36. The standard InChI is InChI=1S/C24H24N2O5/c1-29-19-12-9-18(10-13-19)11-14-24(28)26(16-20-6-5-15-31-20)17-23(27)25-21-7-3-4-8-22(21)30-2/h3-15H,16-17H2,1-2H3,(H,25,27)/b14-11+. The predicted molar refractivity (Wildman–Crippen MR) is 118 cm³/mol. The molecule has 0 aliphatic carbocycles. The van der Waals surface area contributed by atoms with Crippen LogP contribution in [0.25, 0.3) is 6.08 Å². The third-order valence-corrected chi connectivity index (χ3v) is 4.49. The molecule has 160 valence electrons. The van der Waals surface area contributed by atoms with Crippen molar-refractivity contribution in [3.05, 3.63) is 84.3 Å². The Hall–Kier alpha value is -4.00. The molecule has 0 aliphatic heterocycles. The van der Waals surface area contributed by atoms with Gasteiger partial charge in [0.15, 0.2) is 0 Å². The summed E-state index contributed by atoms with van der Waals surface area (Å²) in [6, 6.07) is 17.9. The van der Waals surface area contributed by atoms with E-state index in [9.17, 15) is 9.59 Å². The molecule has 1 heterocycles. The number of hydrogen-bond acceptors (Lipinski definition) is 5. The van der Waals surface area contributed by atoms with Crippen molar-refractivity contribution in [3.8, 4) is 11.5 Å². The fourth-order valence-corrected chi connectivity index (χ4v) is 2.90. The number of ether oxygens (including phenoxy) is 2. The second-order valence-corrected chi connectivity index (χ2v) is 6.63. The third-order valence-electron chi connectivity index (χ3n) is 4.49. The number of nitrogens with zero attached hydrogens (tertiary/aromatic N) is 1. The number of carbonyl (C=O) groups excluding carboxylic acids is 2. The number of nitrogens with one attached hydrogen (secondary N) is 1. The lowest BCUT2D eigenvalue weighted by atomic mass is 10.2. The Morgan fingerprint density at radius 1 is 1.00 bits per heavy atom. The number of hydrogen-bond donors (Lipinski definition) is 1.